The molecule has 0 bridgehead atoms. The molecule has 1 aliphatic rings. The van der Waals surface area contributed by atoms with Crippen molar-refractivity contribution in [2.75, 3.05) is 0 Å². The summed E-state index contributed by atoms with van der Waals surface area (Å²) >= 11 is 0. The van der Waals surface area contributed by atoms with Gasteiger partial charge >= 0.3 is 0 Å². The summed E-state index contributed by atoms with van der Waals surface area (Å²) in [7, 11) is 0. The smallest absolute Gasteiger partial charge is 0.179 e. The van der Waals surface area contributed by atoms with E-state index in [1.807, 2.05) is 0 Å². The first-order valence-electron chi connectivity index (χ1n) is 3.72. The Morgan fingerprint density at radius 3 is 2.70 bits per heavy atom. The molecular formula is C7H14N2O. The summed E-state index contributed by atoms with van der Waals surface area (Å²) < 4.78 is 0. The van der Waals surface area contributed by atoms with Gasteiger partial charge in [-0.05, 0) is 0 Å². The van der Waals surface area contributed by atoms with E-state index >= 15 is 0 Å². The molecular weight excluding hydrogens is 128 g/mol. The fraction of sp³-hybridized carbons (Fsp3) is 0.857. The zero-order chi connectivity index (χ0) is 7.56. The number of nitrogens with one attached hydrogen (secondary N) is 1. The Bertz CT molecular complexity index is 143. The number of nitrogens with zero attached hydrogens (tertiary/aromatic N) is 1. The molecule has 1 heterocycles. The molecule has 0 radical (unpaired) electrons. The van der Waals surface area contributed by atoms with Gasteiger partial charge in [0.25, 0.3) is 0 Å². The third-order valence-corrected chi connectivity index (χ3v) is 1.49. The lowest BCUT2D eigenvalue weighted by Crippen LogP contribution is -2.19. The van der Waals surface area contributed by atoms with Crippen molar-refractivity contribution in [3.05, 3.63) is 0 Å². The Morgan fingerprint density at radius 2 is 2.40 bits per heavy atom. The second-order valence-corrected chi connectivity index (χ2v) is 2.78. The Labute approximate surface area is 61.4 Å². The molecule has 1 N–H and O–H groups in total. The van der Waals surface area contributed by atoms with E-state index < -0.39 is 0 Å². The molecule has 0 aromatic heterocycles. The van der Waals surface area contributed by atoms with Crippen molar-refractivity contribution < 1.29 is 4.84 Å². The van der Waals surface area contributed by atoms with Crippen molar-refractivity contribution in [3.8, 4) is 0 Å². The van der Waals surface area contributed by atoms with Crippen LogP contribution in [0.1, 0.15) is 27.2 Å². The third kappa shape index (κ3) is 1.48. The topological polar surface area (TPSA) is 33.6 Å². The minimum Gasteiger partial charge on any atom is -0.251 e. The van der Waals surface area contributed by atoms with Crippen LogP contribution in [0.25, 0.3) is 0 Å². The fourth-order valence-corrected chi connectivity index (χ4v) is 0.783. The van der Waals surface area contributed by atoms with Crippen molar-refractivity contribution in [2.45, 2.75) is 33.4 Å². The van der Waals surface area contributed by atoms with Crippen LogP contribution in [0.2, 0.25) is 0 Å². The SMILES string of the molecule is CCC1=NC(C(C)C)ON1. The van der Waals surface area contributed by atoms with E-state index in [1.165, 1.54) is 0 Å². The van der Waals surface area contributed by atoms with Gasteiger partial charge in [0.15, 0.2) is 6.23 Å². The first kappa shape index (κ1) is 7.54. The van der Waals surface area contributed by atoms with Gasteiger partial charge in [0, 0.05) is 12.3 Å². The summed E-state index contributed by atoms with van der Waals surface area (Å²) in [6, 6.07) is 0. The Kier molecular flexibility index (Phi) is 2.27. The van der Waals surface area contributed by atoms with E-state index in [4.69, 9.17) is 4.84 Å². The lowest BCUT2D eigenvalue weighted by molar-refractivity contribution is 0.0102. The van der Waals surface area contributed by atoms with Crippen molar-refractivity contribution in [1.29, 1.82) is 0 Å². The van der Waals surface area contributed by atoms with E-state index in [0.717, 1.165) is 12.3 Å². The molecule has 10 heavy (non-hydrogen) atoms. The van der Waals surface area contributed by atoms with Crippen LogP contribution in [0.15, 0.2) is 4.99 Å². The number of amidine groups is 1. The maximum atomic E-state index is 5.16. The van der Waals surface area contributed by atoms with E-state index in [9.17, 15) is 0 Å². The zero-order valence-corrected chi connectivity index (χ0v) is 6.72. The maximum absolute atomic E-state index is 5.16. The Hall–Kier alpha value is -0.570. The molecule has 3 nitrogen and oxygen atoms in total. The number of hydroxylamine groups is 1. The summed E-state index contributed by atoms with van der Waals surface area (Å²) in [5, 5.41) is 0. The minimum absolute atomic E-state index is 0.0231. The van der Waals surface area contributed by atoms with Crippen molar-refractivity contribution in [1.82, 2.24) is 5.48 Å². The number of hydrogen-bond acceptors (Lipinski definition) is 3. The molecule has 0 spiro atoms. The van der Waals surface area contributed by atoms with Crippen molar-refractivity contribution >= 4 is 5.84 Å². The van der Waals surface area contributed by atoms with Gasteiger partial charge in [0.05, 0.1) is 0 Å². The van der Waals surface area contributed by atoms with Gasteiger partial charge < -0.3 is 0 Å². The lowest BCUT2D eigenvalue weighted by atomic mass is 10.2. The second kappa shape index (κ2) is 3.01. The quantitative estimate of drug-likeness (QED) is 0.630. The molecule has 0 fully saturated rings. The van der Waals surface area contributed by atoms with E-state index in [1.54, 1.807) is 0 Å². The van der Waals surface area contributed by atoms with Gasteiger partial charge in [0.2, 0.25) is 0 Å². The number of rotatable bonds is 2. The first-order valence-corrected chi connectivity index (χ1v) is 3.72. The molecule has 1 aliphatic heterocycles. The van der Waals surface area contributed by atoms with Crippen LogP contribution in [-0.2, 0) is 4.84 Å². The standard InChI is InChI=1S/C7H14N2O/c1-4-6-8-7(5(2)3)10-9-6/h5,7H,4H2,1-3H3,(H,8,9). The Balaban J connectivity index is 2.47. The van der Waals surface area contributed by atoms with Gasteiger partial charge in [-0.25, -0.2) is 9.83 Å². The summed E-state index contributed by atoms with van der Waals surface area (Å²) in [5.74, 6) is 1.41. The van der Waals surface area contributed by atoms with Crippen LogP contribution >= 0.6 is 0 Å². The molecule has 58 valence electrons. The zero-order valence-electron chi connectivity index (χ0n) is 6.72. The second-order valence-electron chi connectivity index (χ2n) is 2.78. The highest BCUT2D eigenvalue weighted by Crippen LogP contribution is 2.11. The summed E-state index contributed by atoms with van der Waals surface area (Å²) in [4.78, 5) is 9.45. The third-order valence-electron chi connectivity index (χ3n) is 1.49. The predicted octanol–water partition coefficient (Wildman–Crippen LogP) is 1.31. The average Bonchev–Trinajstić information content (AvgIpc) is 2.34. The maximum Gasteiger partial charge on any atom is 0.179 e. The highest BCUT2D eigenvalue weighted by atomic mass is 16.7. The molecule has 1 atom stereocenters. The van der Waals surface area contributed by atoms with Crippen molar-refractivity contribution in [2.24, 2.45) is 10.9 Å². The highest BCUT2D eigenvalue weighted by molar-refractivity contribution is 5.81. The van der Waals surface area contributed by atoms with Crippen LogP contribution in [-0.4, -0.2) is 12.1 Å². The monoisotopic (exact) mass is 142 g/mol. The fourth-order valence-electron chi connectivity index (χ4n) is 0.783. The summed E-state index contributed by atoms with van der Waals surface area (Å²) in [6.07, 6.45) is 0.943. The molecule has 0 aliphatic carbocycles. The van der Waals surface area contributed by atoms with E-state index in [2.05, 4.69) is 31.2 Å². The van der Waals surface area contributed by atoms with Gasteiger partial charge in [-0.3, -0.25) is 5.48 Å². The summed E-state index contributed by atoms with van der Waals surface area (Å²) in [6.45, 7) is 6.24. The highest BCUT2D eigenvalue weighted by Gasteiger charge is 2.19. The molecule has 0 amide bonds. The van der Waals surface area contributed by atoms with Crippen LogP contribution in [0.5, 0.6) is 0 Å². The minimum atomic E-state index is 0.0231. The van der Waals surface area contributed by atoms with Gasteiger partial charge in [-0.1, -0.05) is 20.8 Å². The Morgan fingerprint density at radius 1 is 1.70 bits per heavy atom. The van der Waals surface area contributed by atoms with Crippen LogP contribution in [0, 0.1) is 5.92 Å². The van der Waals surface area contributed by atoms with Gasteiger partial charge in [-0.15, -0.1) is 0 Å². The first-order chi connectivity index (χ1) is 4.74. The number of aliphatic imine (C=N–C) groups is 1. The van der Waals surface area contributed by atoms with Crippen LogP contribution < -0.4 is 5.48 Å². The molecule has 0 aromatic carbocycles. The largest absolute Gasteiger partial charge is 0.251 e. The van der Waals surface area contributed by atoms with Crippen molar-refractivity contribution in [3.63, 3.8) is 0 Å². The van der Waals surface area contributed by atoms with Gasteiger partial charge in [-0.2, -0.15) is 0 Å². The normalized spacial score (nSPS) is 24.8. The molecule has 1 unspecified atom stereocenters. The van der Waals surface area contributed by atoms with Crippen LogP contribution in [0.4, 0.5) is 0 Å². The molecule has 0 saturated heterocycles. The number of hydrogen-bond donors (Lipinski definition) is 1. The average molecular weight is 142 g/mol. The van der Waals surface area contributed by atoms with E-state index in [-0.39, 0.29) is 6.23 Å². The van der Waals surface area contributed by atoms with Crippen LogP contribution in [0.3, 0.4) is 0 Å². The molecule has 0 saturated carbocycles. The van der Waals surface area contributed by atoms with E-state index in [0.29, 0.717) is 5.92 Å². The molecule has 0 aromatic rings. The molecule has 1 rings (SSSR count). The van der Waals surface area contributed by atoms with Gasteiger partial charge in [0.1, 0.15) is 5.84 Å². The molecule has 3 heteroatoms. The summed E-state index contributed by atoms with van der Waals surface area (Å²) in [5.41, 5.74) is 2.79. The lowest BCUT2D eigenvalue weighted by Gasteiger charge is -2.07. The predicted molar refractivity (Wildman–Crippen MR) is 40.6 cm³/mol.